The molecule has 5 nitrogen and oxygen atoms in total. The van der Waals surface area contributed by atoms with Crippen LogP contribution in [0.5, 0.6) is 0 Å². The van der Waals surface area contributed by atoms with E-state index >= 15 is 0 Å². The summed E-state index contributed by atoms with van der Waals surface area (Å²) in [5.41, 5.74) is 1.09. The molecule has 2 rings (SSSR count). The zero-order chi connectivity index (χ0) is 19.3. The van der Waals surface area contributed by atoms with Crippen LogP contribution in [-0.2, 0) is 10.0 Å². The lowest BCUT2D eigenvalue weighted by atomic mass is 10.1. The number of hydrogen-bond acceptors (Lipinski definition) is 3. The van der Waals surface area contributed by atoms with E-state index in [1.54, 1.807) is 32.0 Å². The van der Waals surface area contributed by atoms with Crippen molar-refractivity contribution < 1.29 is 13.2 Å². The summed E-state index contributed by atoms with van der Waals surface area (Å²) in [4.78, 5) is 12.7. The van der Waals surface area contributed by atoms with E-state index in [0.717, 1.165) is 5.56 Å². The average molecular weight is 395 g/mol. The maximum Gasteiger partial charge on any atom is 0.251 e. The molecule has 26 heavy (non-hydrogen) atoms. The molecule has 2 aromatic rings. The lowest BCUT2D eigenvalue weighted by molar-refractivity contribution is 0.0939. The van der Waals surface area contributed by atoms with Gasteiger partial charge in [-0.2, -0.15) is 4.31 Å². The van der Waals surface area contributed by atoms with Crippen LogP contribution in [0, 0.1) is 0 Å². The molecule has 1 atom stereocenters. The van der Waals surface area contributed by atoms with Gasteiger partial charge in [-0.05, 0) is 36.8 Å². The number of sulfonamides is 1. The molecular weight excluding hydrogens is 372 g/mol. The van der Waals surface area contributed by atoms with E-state index in [2.05, 4.69) is 5.32 Å². The summed E-state index contributed by atoms with van der Waals surface area (Å²) in [6.07, 6.45) is 0. The fraction of sp³-hybridized carbons (Fsp3) is 0.316. The molecule has 1 amide bonds. The number of carbonyl (C=O) groups excluding carboxylic acids is 1. The van der Waals surface area contributed by atoms with E-state index in [4.69, 9.17) is 11.6 Å². The van der Waals surface area contributed by atoms with Gasteiger partial charge in [-0.3, -0.25) is 4.79 Å². The largest absolute Gasteiger partial charge is 0.345 e. The zero-order valence-electron chi connectivity index (χ0n) is 15.1. The Balaban J connectivity index is 2.25. The first-order valence-corrected chi connectivity index (χ1v) is 10.3. The molecule has 0 saturated heterocycles. The van der Waals surface area contributed by atoms with Gasteiger partial charge in [-0.15, -0.1) is 0 Å². The van der Waals surface area contributed by atoms with Crippen molar-refractivity contribution in [2.24, 2.45) is 0 Å². The van der Waals surface area contributed by atoms with Gasteiger partial charge in [-0.1, -0.05) is 49.7 Å². The van der Waals surface area contributed by atoms with Crippen LogP contribution >= 0.6 is 11.6 Å². The molecule has 140 valence electrons. The highest BCUT2D eigenvalue weighted by Gasteiger charge is 2.23. The van der Waals surface area contributed by atoms with Crippen molar-refractivity contribution in [2.75, 3.05) is 13.1 Å². The Morgan fingerprint density at radius 2 is 1.77 bits per heavy atom. The third-order valence-electron chi connectivity index (χ3n) is 4.16. The summed E-state index contributed by atoms with van der Waals surface area (Å²) in [7, 11) is -3.61. The van der Waals surface area contributed by atoms with Gasteiger partial charge in [0.2, 0.25) is 10.0 Å². The molecule has 0 aliphatic heterocycles. The van der Waals surface area contributed by atoms with Gasteiger partial charge in [0, 0.05) is 23.7 Å². The molecular formula is C19H23ClN2O3S. The Morgan fingerprint density at radius 3 is 2.38 bits per heavy atom. The second kappa shape index (κ2) is 8.66. The lowest BCUT2D eigenvalue weighted by Crippen LogP contribution is -2.31. The van der Waals surface area contributed by atoms with Crippen LogP contribution in [0.2, 0.25) is 5.02 Å². The number of nitrogens with one attached hydrogen (secondary N) is 1. The summed E-state index contributed by atoms with van der Waals surface area (Å²) in [5.74, 6) is -0.353. The number of rotatable bonds is 7. The standard InChI is InChI=1S/C19H23ClN2O3S/c1-4-22(5-2)26(24,25)16-10-8-9-15(13-16)19(23)21-14(3)17-11-6-7-12-18(17)20/h6-14H,4-5H2,1-3H3,(H,21,23)/t14-/m1/s1. The summed E-state index contributed by atoms with van der Waals surface area (Å²) in [5, 5.41) is 3.43. The molecule has 2 aromatic carbocycles. The van der Waals surface area contributed by atoms with Crippen molar-refractivity contribution in [3.63, 3.8) is 0 Å². The maximum atomic E-state index is 12.6. The SMILES string of the molecule is CCN(CC)S(=O)(=O)c1cccc(C(=O)N[C@H](C)c2ccccc2Cl)c1. The Morgan fingerprint density at radius 1 is 1.12 bits per heavy atom. The molecule has 0 saturated carbocycles. The van der Waals surface area contributed by atoms with Gasteiger partial charge >= 0.3 is 0 Å². The zero-order valence-corrected chi connectivity index (χ0v) is 16.6. The van der Waals surface area contributed by atoms with Gasteiger partial charge in [0.25, 0.3) is 5.91 Å². The Labute approximate surface area is 160 Å². The molecule has 0 unspecified atom stereocenters. The van der Waals surface area contributed by atoms with Crippen molar-refractivity contribution in [3.8, 4) is 0 Å². The van der Waals surface area contributed by atoms with E-state index in [1.807, 2.05) is 25.1 Å². The Bertz CT molecular complexity index is 880. The number of carbonyl (C=O) groups is 1. The molecule has 0 heterocycles. The highest BCUT2D eigenvalue weighted by Crippen LogP contribution is 2.23. The van der Waals surface area contributed by atoms with Crippen molar-refractivity contribution >= 4 is 27.5 Å². The predicted octanol–water partition coefficient (Wildman–Crippen LogP) is 3.86. The summed E-state index contributed by atoms with van der Waals surface area (Å²) < 4.78 is 26.6. The van der Waals surface area contributed by atoms with Crippen LogP contribution in [0.1, 0.15) is 42.7 Å². The van der Waals surface area contributed by atoms with Crippen LogP contribution in [0.4, 0.5) is 0 Å². The molecule has 0 fully saturated rings. The number of hydrogen-bond donors (Lipinski definition) is 1. The van der Waals surface area contributed by atoms with E-state index < -0.39 is 10.0 Å². The number of halogens is 1. The van der Waals surface area contributed by atoms with Gasteiger partial charge < -0.3 is 5.32 Å². The second-order valence-electron chi connectivity index (χ2n) is 5.83. The molecule has 0 aliphatic rings. The first-order chi connectivity index (χ1) is 12.3. The minimum absolute atomic E-state index is 0.110. The van der Waals surface area contributed by atoms with Gasteiger partial charge in [-0.25, -0.2) is 8.42 Å². The number of amides is 1. The fourth-order valence-corrected chi connectivity index (χ4v) is 4.50. The molecule has 0 radical (unpaired) electrons. The smallest absolute Gasteiger partial charge is 0.251 e. The predicted molar refractivity (Wildman–Crippen MR) is 104 cm³/mol. The summed E-state index contributed by atoms with van der Waals surface area (Å²) in [6, 6.07) is 13.0. The van der Waals surface area contributed by atoms with Gasteiger partial charge in [0.15, 0.2) is 0 Å². The Hall–Kier alpha value is -1.89. The molecule has 0 bridgehead atoms. The van der Waals surface area contributed by atoms with Crippen molar-refractivity contribution in [3.05, 3.63) is 64.7 Å². The monoisotopic (exact) mass is 394 g/mol. The molecule has 0 spiro atoms. The third-order valence-corrected chi connectivity index (χ3v) is 6.55. The van der Waals surface area contributed by atoms with E-state index in [-0.39, 0.29) is 22.4 Å². The van der Waals surface area contributed by atoms with Crippen molar-refractivity contribution in [1.82, 2.24) is 9.62 Å². The van der Waals surface area contributed by atoms with Crippen LogP contribution in [0.15, 0.2) is 53.4 Å². The number of benzene rings is 2. The van der Waals surface area contributed by atoms with Crippen LogP contribution in [0.25, 0.3) is 0 Å². The third kappa shape index (κ3) is 4.44. The fourth-order valence-electron chi connectivity index (χ4n) is 2.69. The molecule has 7 heteroatoms. The summed E-state index contributed by atoms with van der Waals surface area (Å²) in [6.45, 7) is 6.14. The normalized spacial score (nSPS) is 12.8. The van der Waals surface area contributed by atoms with E-state index in [9.17, 15) is 13.2 Å². The summed E-state index contributed by atoms with van der Waals surface area (Å²) >= 11 is 6.16. The van der Waals surface area contributed by atoms with E-state index in [0.29, 0.717) is 18.1 Å². The quantitative estimate of drug-likeness (QED) is 0.775. The van der Waals surface area contributed by atoms with E-state index in [1.165, 1.54) is 16.4 Å². The first-order valence-electron chi connectivity index (χ1n) is 8.46. The lowest BCUT2D eigenvalue weighted by Gasteiger charge is -2.19. The average Bonchev–Trinajstić information content (AvgIpc) is 2.63. The van der Waals surface area contributed by atoms with Crippen molar-refractivity contribution in [2.45, 2.75) is 31.7 Å². The van der Waals surface area contributed by atoms with Gasteiger partial charge in [0.05, 0.1) is 10.9 Å². The minimum Gasteiger partial charge on any atom is -0.345 e. The molecule has 1 N–H and O–H groups in total. The van der Waals surface area contributed by atoms with Gasteiger partial charge in [0.1, 0.15) is 0 Å². The first kappa shape index (κ1) is 20.4. The topological polar surface area (TPSA) is 66.5 Å². The van der Waals surface area contributed by atoms with Crippen LogP contribution in [0.3, 0.4) is 0 Å². The molecule has 0 aromatic heterocycles. The maximum absolute atomic E-state index is 12.6. The van der Waals surface area contributed by atoms with Crippen LogP contribution in [-0.4, -0.2) is 31.7 Å². The second-order valence-corrected chi connectivity index (χ2v) is 8.18. The van der Waals surface area contributed by atoms with Crippen molar-refractivity contribution in [1.29, 1.82) is 0 Å². The highest BCUT2D eigenvalue weighted by atomic mass is 35.5. The Kier molecular flexibility index (Phi) is 6.81. The highest BCUT2D eigenvalue weighted by molar-refractivity contribution is 7.89. The molecule has 0 aliphatic carbocycles. The minimum atomic E-state index is -3.61. The number of nitrogens with zero attached hydrogens (tertiary/aromatic N) is 1. The van der Waals surface area contributed by atoms with Crippen LogP contribution < -0.4 is 5.32 Å².